The highest BCUT2D eigenvalue weighted by molar-refractivity contribution is 7.93. The van der Waals surface area contributed by atoms with Crippen LogP contribution in [0, 0.1) is 24.6 Å². The summed E-state index contributed by atoms with van der Waals surface area (Å²) in [6.45, 7) is 16.9. The number of benzene rings is 6. The fourth-order valence-electron chi connectivity index (χ4n) is 15.4. The van der Waals surface area contributed by atoms with E-state index in [0.29, 0.717) is 127 Å². The Balaban J connectivity index is 0.00000187. The van der Waals surface area contributed by atoms with Gasteiger partial charge in [-0.2, -0.15) is 0 Å². The van der Waals surface area contributed by atoms with E-state index in [-0.39, 0.29) is 96.7 Å². The van der Waals surface area contributed by atoms with Gasteiger partial charge in [-0.3, -0.25) is 19.2 Å². The highest BCUT2D eigenvalue weighted by Gasteiger charge is 2.31. The Hall–Kier alpha value is -12.4. The van der Waals surface area contributed by atoms with Crippen LogP contribution in [0.2, 0.25) is 5.02 Å². The summed E-state index contributed by atoms with van der Waals surface area (Å²) in [6.07, 6.45) is 22.6. The Bertz CT molecular complexity index is 7090. The Morgan fingerprint density at radius 3 is 1.16 bits per heavy atom. The van der Waals surface area contributed by atoms with E-state index in [1.165, 1.54) is 43.1 Å². The maximum atomic E-state index is 14.1. The van der Waals surface area contributed by atoms with E-state index in [1.807, 2.05) is 31.2 Å². The van der Waals surface area contributed by atoms with Crippen LogP contribution in [0.3, 0.4) is 0 Å². The third kappa shape index (κ3) is 22.9. The zero-order valence-electron chi connectivity index (χ0n) is 75.0. The van der Waals surface area contributed by atoms with Crippen LogP contribution in [0.4, 0.5) is 4.39 Å². The quantitative estimate of drug-likeness (QED) is 0.0228. The van der Waals surface area contributed by atoms with E-state index < -0.39 is 72.1 Å². The lowest BCUT2D eigenvalue weighted by Gasteiger charge is -2.33. The first-order valence-electron chi connectivity index (χ1n) is 43.9. The molecule has 724 valence electrons. The van der Waals surface area contributed by atoms with Crippen molar-refractivity contribution >= 4 is 119 Å². The van der Waals surface area contributed by atoms with Gasteiger partial charge in [0, 0.05) is 103 Å². The number of amides is 4. The number of nitrogens with zero attached hydrogens (tertiary/aromatic N) is 8. The minimum Gasteiger partial charge on any atom is -0.396 e. The van der Waals surface area contributed by atoms with Crippen LogP contribution in [0.1, 0.15) is 202 Å². The number of aryl methyl sites for hydroxylation is 1. The number of hydrogen-bond acceptors (Lipinski definition) is 23. The van der Waals surface area contributed by atoms with Crippen LogP contribution in [-0.2, 0) is 45.9 Å². The largest absolute Gasteiger partial charge is 0.396 e. The molecule has 4 amide bonds. The molecule has 2 fully saturated rings. The van der Waals surface area contributed by atoms with Crippen LogP contribution in [-0.4, -0.2) is 175 Å². The Morgan fingerprint density at radius 2 is 0.812 bits per heavy atom. The second-order valence-electron chi connectivity index (χ2n) is 34.4. The molecule has 2 saturated carbocycles. The first-order valence-corrected chi connectivity index (χ1v) is 50.4. The van der Waals surface area contributed by atoms with E-state index in [1.54, 1.807) is 184 Å². The van der Waals surface area contributed by atoms with Crippen LogP contribution >= 0.6 is 11.6 Å². The van der Waals surface area contributed by atoms with Crippen molar-refractivity contribution < 1.29 is 80.9 Å². The molecule has 0 spiro atoms. The molecule has 14 aromatic rings. The van der Waals surface area contributed by atoms with E-state index in [9.17, 15) is 62.3 Å². The van der Waals surface area contributed by atoms with E-state index in [2.05, 4.69) is 81.1 Å². The van der Waals surface area contributed by atoms with Crippen LogP contribution in [0.5, 0.6) is 0 Å². The third-order valence-corrected chi connectivity index (χ3v) is 32.8. The molecule has 0 saturated heterocycles. The number of aromatic amines is 4. The zero-order valence-corrected chi connectivity index (χ0v) is 79.0. The van der Waals surface area contributed by atoms with Crippen LogP contribution in [0.25, 0.3) is 89.7 Å². The van der Waals surface area contributed by atoms with Crippen molar-refractivity contribution in [2.24, 2.45) is 23.3 Å². The molecule has 133 heavy (non-hydrogen) atoms. The topological polar surface area (TPSA) is 492 Å². The molecule has 13 N–H and O–H groups in total. The van der Waals surface area contributed by atoms with Crippen LogP contribution in [0.15, 0.2) is 209 Å². The van der Waals surface area contributed by atoms with Gasteiger partial charge in [0.2, 0.25) is 0 Å². The molecular formula is C96H134ClFN18O13S4. The molecule has 0 radical (unpaired) electrons. The van der Waals surface area contributed by atoms with Gasteiger partial charge in [0.25, 0.3) is 23.6 Å². The van der Waals surface area contributed by atoms with Gasteiger partial charge in [0.05, 0.1) is 121 Å². The molecule has 8 aromatic heterocycles. The molecule has 2 aliphatic rings. The lowest BCUT2D eigenvalue weighted by molar-refractivity contribution is 0.0925. The van der Waals surface area contributed by atoms with Crippen molar-refractivity contribution in [2.75, 3.05) is 26.2 Å². The van der Waals surface area contributed by atoms with Crippen molar-refractivity contribution in [3.05, 3.63) is 239 Å². The number of aliphatic hydroxyl groups is 1. The summed E-state index contributed by atoms with van der Waals surface area (Å²) in [5.41, 5.74) is 24.1. The maximum absolute atomic E-state index is 14.1. The Labute approximate surface area is 795 Å². The number of fused-ring (bicyclic) bond motifs is 4. The number of H-pyrrole nitrogens is 4. The van der Waals surface area contributed by atoms with Gasteiger partial charge in [-0.05, 0) is 186 Å². The van der Waals surface area contributed by atoms with Gasteiger partial charge in [-0.1, -0.05) is 121 Å². The summed E-state index contributed by atoms with van der Waals surface area (Å²) >= 11 is 5.79. The number of nitrogens with two attached hydrogens (primary N) is 2. The maximum Gasteiger partial charge on any atom is 0.255 e. The lowest BCUT2D eigenvalue weighted by atomic mass is 9.82. The summed E-state index contributed by atoms with van der Waals surface area (Å²) < 4.78 is 113. The lowest BCUT2D eigenvalue weighted by Crippen LogP contribution is -2.51. The average Bonchev–Trinajstić information content (AvgIpc) is 1.66. The first-order chi connectivity index (χ1) is 63.4. The van der Waals surface area contributed by atoms with Gasteiger partial charge in [-0.25, -0.2) is 77.9 Å². The Kier molecular flexibility index (Phi) is 31.1. The van der Waals surface area contributed by atoms with Gasteiger partial charge in [0.15, 0.2) is 61.9 Å². The number of sulfone groups is 4. The summed E-state index contributed by atoms with van der Waals surface area (Å²) in [5, 5.41) is 19.1. The second kappa shape index (κ2) is 42.2. The molecule has 1 atom stereocenters. The van der Waals surface area contributed by atoms with Crippen molar-refractivity contribution in [3.63, 3.8) is 0 Å². The first kappa shape index (κ1) is 98.1. The standard InChI is InChI=1S/C26H28N4O4S.C24H31N5O3S.C23H20ClFN4O3S.C23H29N5O3S.13H2/c1-16(2)35(33,34)20-10-8-19(9-11-20)23-15-28-25-24(29-23)21(14-27-25)26(32)30-22(12-13-31)18-6-4-17(3)5-7-18;1-15(2)33(31,32)19-9-7-18(8-10-19)21-14-27-23-22(29-21)20(13-26-23)24(30)28-12-17-5-3-16(11-25)4-6-17;1-13(2)33(31,32)16-8-6-14(7-9-16)19-12-27-22-21(29-19)17(11-26-22)23(30)28-10-15-4-3-5-18(24)20(15)25;1-15(2)32(30,31)17-8-6-16(7-9-17)19-13-26-21-20(28-19)18(12-25-21)22(29)27-14-23(24)10-4-3-5-11-23;;;;;;;;;;;;;/h4-11,14-16,22,31H,12-13H2,1-3H3,(H,27,28)(H,30,32);7-10,13-17H,3-6,11-12,25H2,1-2H3,(H,26,27)(H,28,30);3-9,11-13H,10H2,1-2H3,(H,26,27)(H,28,30);6-9,12-13,15H,3-5,10-11,14,24H2,1-2H3,(H,25,26)(H,27,29);13*1H/t22-;;;;;;;;;;;;;;;;/m0................/s1. The van der Waals surface area contributed by atoms with Gasteiger partial charge >= 0.3 is 0 Å². The molecule has 0 unspecified atom stereocenters. The highest BCUT2D eigenvalue weighted by atomic mass is 35.5. The summed E-state index contributed by atoms with van der Waals surface area (Å²) in [6, 6.07) is 38.0. The fourth-order valence-corrected chi connectivity index (χ4v) is 19.8. The summed E-state index contributed by atoms with van der Waals surface area (Å²) in [5.74, 6) is -0.694. The number of rotatable bonds is 27. The third-order valence-electron chi connectivity index (χ3n) is 23.9. The molecular weight excluding hydrogens is 1800 g/mol. The summed E-state index contributed by atoms with van der Waals surface area (Å²) in [4.78, 5) is 100. The van der Waals surface area contributed by atoms with Crippen molar-refractivity contribution in [1.82, 2.24) is 81.1 Å². The normalized spacial score (nSPS) is 15.0. The van der Waals surface area contributed by atoms with Crippen molar-refractivity contribution in [1.29, 1.82) is 0 Å². The number of halogens is 2. The smallest absolute Gasteiger partial charge is 0.255 e. The highest BCUT2D eigenvalue weighted by Crippen LogP contribution is 2.34. The monoisotopic (exact) mass is 1930 g/mol. The number of nitrogens with one attached hydrogen (secondary N) is 8. The molecule has 0 aliphatic heterocycles. The molecule has 37 heteroatoms. The van der Waals surface area contributed by atoms with Gasteiger partial charge < -0.3 is 57.8 Å². The van der Waals surface area contributed by atoms with E-state index in [4.69, 9.17) is 23.1 Å². The minimum atomic E-state index is -3.38. The predicted molar refractivity (Wildman–Crippen MR) is 539 cm³/mol. The predicted octanol–water partition coefficient (Wildman–Crippen LogP) is 18.2. The number of hydrogen-bond donors (Lipinski definition) is 11. The molecule has 16 rings (SSSR count). The summed E-state index contributed by atoms with van der Waals surface area (Å²) in [7, 11) is -13.4. The average molecular weight is 1930 g/mol. The molecule has 2 aliphatic carbocycles. The molecule has 0 bridgehead atoms. The van der Waals surface area contributed by atoms with Crippen LogP contribution < -0.4 is 32.7 Å². The minimum absolute atomic E-state index is 0. The van der Waals surface area contributed by atoms with E-state index in [0.717, 1.165) is 80.2 Å². The molecule has 8 heterocycles. The SMILES string of the molecule is CC(C)S(=O)(=O)c1ccc(-c2cnc3[nH]cc(C(=O)NCC4(N)CCCCC4)c3n2)cc1.CC(C)S(=O)(=O)c1ccc(-c2cnc3[nH]cc(C(=O)NCC4CCC(CN)CC4)c3n2)cc1.CC(C)S(=O)(=O)c1ccc(-c2cnc3[nH]cc(C(=O)NCc4cccc(Cl)c4F)c3n2)cc1.Cc1ccc([C@H](CCO)NC(=O)c2c[nH]c3ncc(-c4ccc(S(=O)(=O)C(C)C)cc4)nc23)cc1.[HH].[HH].[HH].[HH].[HH].[HH].[HH].[HH].[HH].[HH].[HH].[HH].[HH]. The number of aromatic nitrogens is 12. The fraction of sp³-hybridized carbons (Fsp3) is 0.333. The Morgan fingerprint density at radius 1 is 0.474 bits per heavy atom. The van der Waals surface area contributed by atoms with Crippen molar-refractivity contribution in [3.8, 4) is 45.0 Å². The molecule has 31 nitrogen and oxygen atoms in total. The second-order valence-corrected chi connectivity index (χ2v) is 44.8. The zero-order chi connectivity index (χ0) is 95.4. The number of aliphatic hydroxyl groups excluding tert-OH is 1. The number of carbonyl (C=O) groups is 4. The number of carbonyl (C=O) groups excluding carboxylic acids is 4. The van der Waals surface area contributed by atoms with E-state index >= 15 is 0 Å². The molecule has 6 aromatic carbocycles. The van der Waals surface area contributed by atoms with Gasteiger partial charge in [-0.15, -0.1) is 0 Å². The van der Waals surface area contributed by atoms with Gasteiger partial charge in [0.1, 0.15) is 27.9 Å². The van der Waals surface area contributed by atoms with Crippen molar-refractivity contribution in [2.45, 2.75) is 185 Å².